The molecule has 0 aromatic carbocycles. The first-order valence-electron chi connectivity index (χ1n) is 5.33. The molecule has 0 aliphatic rings. The molecular weight excluding hydrogens is 206 g/mol. The van der Waals surface area contributed by atoms with Crippen LogP contribution in [-0.2, 0) is 0 Å². The molecule has 0 spiro atoms. The first-order chi connectivity index (χ1) is 7.77. The number of imidazole rings is 1. The van der Waals surface area contributed by atoms with Crippen molar-refractivity contribution in [3.8, 4) is 0 Å². The number of aromatic amines is 1. The summed E-state index contributed by atoms with van der Waals surface area (Å²) < 4.78 is 0. The number of hydrogen-bond acceptors (Lipinski definition) is 5. The van der Waals surface area contributed by atoms with Gasteiger partial charge in [0.1, 0.15) is 11.8 Å². The minimum atomic E-state index is -0.251. The highest BCUT2D eigenvalue weighted by molar-refractivity contribution is 5.81. The molecule has 0 saturated carbocycles. The van der Waals surface area contributed by atoms with Crippen molar-refractivity contribution in [1.82, 2.24) is 19.9 Å². The highest BCUT2D eigenvalue weighted by atomic mass is 16.3. The van der Waals surface area contributed by atoms with Gasteiger partial charge in [0, 0.05) is 6.54 Å². The summed E-state index contributed by atoms with van der Waals surface area (Å²) in [7, 11) is 0. The maximum Gasteiger partial charge on any atom is 0.182 e. The Labute approximate surface area is 93.1 Å². The first-order valence-corrected chi connectivity index (χ1v) is 5.33. The van der Waals surface area contributed by atoms with Gasteiger partial charge >= 0.3 is 0 Å². The fraction of sp³-hybridized carbons (Fsp3) is 0.500. The second-order valence-electron chi connectivity index (χ2n) is 3.74. The van der Waals surface area contributed by atoms with E-state index in [1.165, 1.54) is 6.33 Å². The zero-order valence-electron chi connectivity index (χ0n) is 9.14. The number of rotatable bonds is 5. The molecule has 0 radical (unpaired) electrons. The second-order valence-corrected chi connectivity index (χ2v) is 3.74. The molecule has 0 aliphatic heterocycles. The van der Waals surface area contributed by atoms with Gasteiger partial charge in [-0.3, -0.25) is 0 Å². The van der Waals surface area contributed by atoms with Crippen LogP contribution in [0, 0.1) is 0 Å². The monoisotopic (exact) mass is 221 g/mol. The number of nitrogens with zero attached hydrogens (tertiary/aromatic N) is 3. The lowest BCUT2D eigenvalue weighted by molar-refractivity contribution is 0.183. The predicted molar refractivity (Wildman–Crippen MR) is 61.1 cm³/mol. The maximum atomic E-state index is 9.12. The van der Waals surface area contributed by atoms with E-state index in [4.69, 9.17) is 5.11 Å². The summed E-state index contributed by atoms with van der Waals surface area (Å²) >= 11 is 0. The maximum absolute atomic E-state index is 9.12. The van der Waals surface area contributed by atoms with Crippen LogP contribution < -0.4 is 5.32 Å². The summed E-state index contributed by atoms with van der Waals surface area (Å²) in [6, 6.07) is 0. The van der Waals surface area contributed by atoms with E-state index < -0.39 is 0 Å². The SMILES string of the molecule is CC(O)CCCNc1ncnc2nc[nH]c12. The molecule has 0 aliphatic carbocycles. The molecule has 0 amide bonds. The third-order valence-electron chi connectivity index (χ3n) is 2.31. The molecule has 0 bridgehead atoms. The Morgan fingerprint density at radius 2 is 2.31 bits per heavy atom. The van der Waals surface area contributed by atoms with E-state index in [9.17, 15) is 0 Å². The molecule has 2 aromatic heterocycles. The van der Waals surface area contributed by atoms with Gasteiger partial charge in [-0.2, -0.15) is 0 Å². The topological polar surface area (TPSA) is 86.7 Å². The lowest BCUT2D eigenvalue weighted by Gasteiger charge is -2.06. The predicted octanol–water partition coefficient (Wildman–Crippen LogP) is 0.926. The van der Waals surface area contributed by atoms with Gasteiger partial charge in [0.15, 0.2) is 11.5 Å². The highest BCUT2D eigenvalue weighted by Crippen LogP contribution is 2.14. The normalized spacial score (nSPS) is 12.9. The van der Waals surface area contributed by atoms with Crippen molar-refractivity contribution in [3.63, 3.8) is 0 Å². The standard InChI is InChI=1S/C10H15N5O/c1-7(16)3-2-4-11-9-8-10(13-5-12-8)15-6-14-9/h5-7,16H,2-4H2,1H3,(H2,11,12,13,14,15). The number of fused-ring (bicyclic) bond motifs is 1. The van der Waals surface area contributed by atoms with Crippen LogP contribution in [0.25, 0.3) is 11.2 Å². The van der Waals surface area contributed by atoms with Gasteiger partial charge in [0.2, 0.25) is 0 Å². The number of anilines is 1. The van der Waals surface area contributed by atoms with Gasteiger partial charge in [0.05, 0.1) is 12.4 Å². The molecule has 2 aromatic rings. The first kappa shape index (κ1) is 10.8. The smallest absolute Gasteiger partial charge is 0.182 e. The Morgan fingerprint density at radius 3 is 3.12 bits per heavy atom. The van der Waals surface area contributed by atoms with Crippen LogP contribution in [0.5, 0.6) is 0 Å². The van der Waals surface area contributed by atoms with Crippen LogP contribution in [0.1, 0.15) is 19.8 Å². The van der Waals surface area contributed by atoms with Crippen LogP contribution in [-0.4, -0.2) is 37.7 Å². The Bertz CT molecular complexity index is 453. The van der Waals surface area contributed by atoms with Crippen LogP contribution >= 0.6 is 0 Å². The van der Waals surface area contributed by atoms with Crippen LogP contribution in [0.2, 0.25) is 0 Å². The van der Waals surface area contributed by atoms with Crippen LogP contribution in [0.3, 0.4) is 0 Å². The van der Waals surface area contributed by atoms with E-state index in [0.29, 0.717) is 5.65 Å². The molecule has 6 heteroatoms. The van der Waals surface area contributed by atoms with Gasteiger partial charge in [-0.15, -0.1) is 0 Å². The van der Waals surface area contributed by atoms with Gasteiger partial charge in [-0.1, -0.05) is 0 Å². The minimum Gasteiger partial charge on any atom is -0.393 e. The summed E-state index contributed by atoms with van der Waals surface area (Å²) in [6.07, 6.45) is 4.52. The van der Waals surface area contributed by atoms with E-state index in [-0.39, 0.29) is 6.10 Å². The third kappa shape index (κ3) is 2.46. The minimum absolute atomic E-state index is 0.251. The summed E-state index contributed by atoms with van der Waals surface area (Å²) in [5.74, 6) is 0.757. The van der Waals surface area contributed by atoms with Gasteiger partial charge in [-0.25, -0.2) is 15.0 Å². The molecule has 6 nitrogen and oxygen atoms in total. The molecule has 86 valence electrons. The lowest BCUT2D eigenvalue weighted by atomic mass is 10.2. The zero-order valence-corrected chi connectivity index (χ0v) is 9.14. The zero-order chi connectivity index (χ0) is 11.4. The van der Waals surface area contributed by atoms with E-state index in [2.05, 4.69) is 25.3 Å². The Kier molecular flexibility index (Phi) is 3.31. The average Bonchev–Trinajstić information content (AvgIpc) is 2.72. The molecule has 0 saturated heterocycles. The summed E-state index contributed by atoms with van der Waals surface area (Å²) in [5.41, 5.74) is 1.48. The number of aliphatic hydroxyl groups excluding tert-OH is 1. The molecule has 2 heterocycles. The van der Waals surface area contributed by atoms with E-state index in [1.807, 2.05) is 0 Å². The molecule has 0 fully saturated rings. The number of nitrogens with one attached hydrogen (secondary N) is 2. The van der Waals surface area contributed by atoms with E-state index in [1.54, 1.807) is 13.3 Å². The molecule has 16 heavy (non-hydrogen) atoms. The number of aliphatic hydroxyl groups is 1. The van der Waals surface area contributed by atoms with Crippen molar-refractivity contribution < 1.29 is 5.11 Å². The summed E-state index contributed by atoms with van der Waals surface area (Å²) in [4.78, 5) is 15.2. The fourth-order valence-electron chi connectivity index (χ4n) is 1.50. The molecular formula is C10H15N5O. The molecule has 2 rings (SSSR count). The van der Waals surface area contributed by atoms with Gasteiger partial charge in [0.25, 0.3) is 0 Å². The number of aromatic nitrogens is 4. The Balaban J connectivity index is 1.96. The highest BCUT2D eigenvalue weighted by Gasteiger charge is 2.04. The third-order valence-corrected chi connectivity index (χ3v) is 2.31. The molecule has 3 N–H and O–H groups in total. The fourth-order valence-corrected chi connectivity index (χ4v) is 1.50. The quantitative estimate of drug-likeness (QED) is 0.654. The van der Waals surface area contributed by atoms with Crippen molar-refractivity contribution in [2.24, 2.45) is 0 Å². The van der Waals surface area contributed by atoms with Crippen LogP contribution in [0.4, 0.5) is 5.82 Å². The molecule has 1 unspecified atom stereocenters. The van der Waals surface area contributed by atoms with E-state index >= 15 is 0 Å². The van der Waals surface area contributed by atoms with Crippen molar-refractivity contribution in [1.29, 1.82) is 0 Å². The van der Waals surface area contributed by atoms with Crippen molar-refractivity contribution in [2.45, 2.75) is 25.9 Å². The lowest BCUT2D eigenvalue weighted by Crippen LogP contribution is -2.08. The second kappa shape index (κ2) is 4.89. The van der Waals surface area contributed by atoms with Gasteiger partial charge in [-0.05, 0) is 19.8 Å². The summed E-state index contributed by atoms with van der Waals surface area (Å²) in [6.45, 7) is 2.56. The average molecular weight is 221 g/mol. The largest absolute Gasteiger partial charge is 0.393 e. The van der Waals surface area contributed by atoms with E-state index in [0.717, 1.165) is 30.7 Å². The number of H-pyrrole nitrogens is 1. The molecule has 1 atom stereocenters. The number of hydrogen-bond donors (Lipinski definition) is 3. The van der Waals surface area contributed by atoms with Crippen molar-refractivity contribution in [3.05, 3.63) is 12.7 Å². The summed E-state index contributed by atoms with van der Waals surface area (Å²) in [5, 5.41) is 12.3. The van der Waals surface area contributed by atoms with Crippen molar-refractivity contribution >= 4 is 17.0 Å². The van der Waals surface area contributed by atoms with Crippen molar-refractivity contribution in [2.75, 3.05) is 11.9 Å². The Morgan fingerprint density at radius 1 is 1.44 bits per heavy atom. The Hall–Kier alpha value is -1.69. The van der Waals surface area contributed by atoms with Crippen LogP contribution in [0.15, 0.2) is 12.7 Å². The van der Waals surface area contributed by atoms with Gasteiger partial charge < -0.3 is 15.4 Å².